The molecule has 1 unspecified atom stereocenters. The summed E-state index contributed by atoms with van der Waals surface area (Å²) in [4.78, 5) is 29.7. The highest BCUT2D eigenvalue weighted by Crippen LogP contribution is 2.15. The molecule has 0 aromatic heterocycles. The Bertz CT molecular complexity index is 758. The van der Waals surface area contributed by atoms with Crippen molar-refractivity contribution in [2.45, 2.75) is 227 Å². The molecule has 1 rings (SSSR count). The van der Waals surface area contributed by atoms with E-state index >= 15 is 0 Å². The van der Waals surface area contributed by atoms with Gasteiger partial charge in [0, 0.05) is 39.0 Å². The van der Waals surface area contributed by atoms with Gasteiger partial charge in [0.25, 0.3) is 0 Å². The molecule has 1 fully saturated rings. The summed E-state index contributed by atoms with van der Waals surface area (Å²) < 4.78 is 16.8. The fourth-order valence-electron chi connectivity index (χ4n) is 6.77. The number of esters is 2. The molecule has 1 heterocycles. The van der Waals surface area contributed by atoms with Crippen molar-refractivity contribution in [1.29, 1.82) is 0 Å². The summed E-state index contributed by atoms with van der Waals surface area (Å²) in [5.74, 6) is -0.00463. The molecule has 7 nitrogen and oxygen atoms in total. The summed E-state index contributed by atoms with van der Waals surface area (Å²) >= 11 is 0. The first-order valence-corrected chi connectivity index (χ1v) is 23.4. The lowest BCUT2D eigenvalue weighted by atomic mass is 10.1. The van der Waals surface area contributed by atoms with E-state index in [0.717, 1.165) is 97.4 Å². The van der Waals surface area contributed by atoms with Gasteiger partial charge in [-0.25, -0.2) is 0 Å². The first-order chi connectivity index (χ1) is 26.0. The van der Waals surface area contributed by atoms with Crippen LogP contribution in [-0.2, 0) is 23.8 Å². The predicted octanol–water partition coefficient (Wildman–Crippen LogP) is 12.5. The Morgan fingerprint density at radius 3 is 1.55 bits per heavy atom. The van der Waals surface area contributed by atoms with Crippen molar-refractivity contribution in [1.82, 2.24) is 9.80 Å². The van der Waals surface area contributed by atoms with Crippen LogP contribution in [0.2, 0.25) is 0 Å². The van der Waals surface area contributed by atoms with Crippen LogP contribution in [0.4, 0.5) is 0 Å². The standard InChI is InChI=1S/C42H82N2O5.C4H10/c1-4-7-9-11-13-21-27-37-48-41(45)29-23-17-14-19-25-31-43(33-34-44-35-38-47-39-36-44)32-26-20-15-18-24-30-42(46)49-40(6-3)28-22-16-12-10-8-5-2;1-3-4-2/h40H,4-39H2,1-3H3;3-4H2,1-2H3. The van der Waals surface area contributed by atoms with Crippen LogP contribution in [0.3, 0.4) is 0 Å². The number of nitrogens with zero attached hydrogens (tertiary/aromatic N) is 2. The highest BCUT2D eigenvalue weighted by Gasteiger charge is 2.14. The Labute approximate surface area is 330 Å². The fourth-order valence-corrected chi connectivity index (χ4v) is 6.77. The average Bonchev–Trinajstić information content (AvgIpc) is 3.18. The van der Waals surface area contributed by atoms with Crippen molar-refractivity contribution in [2.24, 2.45) is 0 Å². The van der Waals surface area contributed by atoms with Gasteiger partial charge in [-0.05, 0) is 64.5 Å². The Hall–Kier alpha value is -1.18. The van der Waals surface area contributed by atoms with E-state index in [-0.39, 0.29) is 18.0 Å². The van der Waals surface area contributed by atoms with Gasteiger partial charge in [0.1, 0.15) is 6.10 Å². The number of carbonyl (C=O) groups is 2. The molecule has 0 aliphatic carbocycles. The van der Waals surface area contributed by atoms with E-state index in [4.69, 9.17) is 14.2 Å². The average molecular weight is 753 g/mol. The number of morpholine rings is 1. The van der Waals surface area contributed by atoms with Crippen LogP contribution < -0.4 is 0 Å². The van der Waals surface area contributed by atoms with Gasteiger partial charge < -0.3 is 19.1 Å². The summed E-state index contributed by atoms with van der Waals surface area (Å²) in [6.45, 7) is 20.0. The van der Waals surface area contributed by atoms with Crippen molar-refractivity contribution in [2.75, 3.05) is 59.1 Å². The molecule has 1 atom stereocenters. The second kappa shape index (κ2) is 42.0. The minimum absolute atomic E-state index is 0.00542. The molecule has 1 saturated heterocycles. The zero-order chi connectivity index (χ0) is 38.9. The van der Waals surface area contributed by atoms with E-state index < -0.39 is 0 Å². The molecule has 0 aromatic carbocycles. The minimum Gasteiger partial charge on any atom is -0.466 e. The molecule has 1 aliphatic rings. The predicted molar refractivity (Wildman–Crippen MR) is 227 cm³/mol. The number of hydrogen-bond acceptors (Lipinski definition) is 7. The van der Waals surface area contributed by atoms with Gasteiger partial charge in [-0.15, -0.1) is 0 Å². The third kappa shape index (κ3) is 37.5. The fraction of sp³-hybridized carbons (Fsp3) is 0.957. The van der Waals surface area contributed by atoms with Crippen LogP contribution in [0, 0.1) is 0 Å². The van der Waals surface area contributed by atoms with Gasteiger partial charge in [0.15, 0.2) is 0 Å². The molecule has 0 saturated carbocycles. The first-order valence-electron chi connectivity index (χ1n) is 23.4. The Morgan fingerprint density at radius 1 is 0.547 bits per heavy atom. The van der Waals surface area contributed by atoms with Crippen molar-refractivity contribution in [3.63, 3.8) is 0 Å². The SMILES string of the molecule is CCCC.CCCCCCCCCOC(=O)CCCCCCCN(CCCCCCCC(=O)OC(CC)CCCCCCCC)CCN1CCOCC1. The number of rotatable bonds is 37. The molecular formula is C46H92N2O5. The van der Waals surface area contributed by atoms with Crippen LogP contribution >= 0.6 is 0 Å². The van der Waals surface area contributed by atoms with Gasteiger partial charge >= 0.3 is 11.9 Å². The summed E-state index contributed by atoms with van der Waals surface area (Å²) in [7, 11) is 0. The van der Waals surface area contributed by atoms with Crippen molar-refractivity contribution >= 4 is 11.9 Å². The molecule has 0 N–H and O–H groups in total. The number of hydrogen-bond donors (Lipinski definition) is 0. The van der Waals surface area contributed by atoms with Crippen LogP contribution in [-0.4, -0.2) is 86.9 Å². The topological polar surface area (TPSA) is 68.3 Å². The van der Waals surface area contributed by atoms with Gasteiger partial charge in [-0.1, -0.05) is 157 Å². The third-order valence-corrected chi connectivity index (χ3v) is 10.7. The van der Waals surface area contributed by atoms with Gasteiger partial charge in [0.05, 0.1) is 19.8 Å². The number of carbonyl (C=O) groups excluding carboxylic acids is 2. The lowest BCUT2D eigenvalue weighted by molar-refractivity contribution is -0.149. The van der Waals surface area contributed by atoms with Crippen molar-refractivity contribution in [3.8, 4) is 0 Å². The van der Waals surface area contributed by atoms with Crippen molar-refractivity contribution in [3.05, 3.63) is 0 Å². The van der Waals surface area contributed by atoms with Crippen LogP contribution in [0.25, 0.3) is 0 Å². The number of ether oxygens (including phenoxy) is 3. The molecule has 0 amide bonds. The highest BCUT2D eigenvalue weighted by atomic mass is 16.5. The van der Waals surface area contributed by atoms with Crippen LogP contribution in [0.1, 0.15) is 221 Å². The minimum atomic E-state index is -0.0101. The quantitative estimate of drug-likeness (QED) is 0.0462. The van der Waals surface area contributed by atoms with E-state index in [0.29, 0.717) is 19.4 Å². The summed E-state index contributed by atoms with van der Waals surface area (Å²) in [6, 6.07) is 0. The molecule has 0 bridgehead atoms. The summed E-state index contributed by atoms with van der Waals surface area (Å²) in [5.41, 5.74) is 0. The number of unbranched alkanes of at least 4 members (excludes halogenated alkanes) is 20. The molecule has 7 heteroatoms. The third-order valence-electron chi connectivity index (χ3n) is 10.7. The van der Waals surface area contributed by atoms with Crippen LogP contribution in [0.15, 0.2) is 0 Å². The molecule has 0 spiro atoms. The van der Waals surface area contributed by atoms with Gasteiger partial charge in [-0.3, -0.25) is 14.5 Å². The molecule has 0 aromatic rings. The molecular weight excluding hydrogens is 661 g/mol. The maximum absolute atomic E-state index is 12.4. The maximum Gasteiger partial charge on any atom is 0.306 e. The smallest absolute Gasteiger partial charge is 0.306 e. The van der Waals surface area contributed by atoms with E-state index in [1.54, 1.807) is 0 Å². The Balaban J connectivity index is 0.00000640. The monoisotopic (exact) mass is 753 g/mol. The lowest BCUT2D eigenvalue weighted by Crippen LogP contribution is -2.41. The Kier molecular flexibility index (Phi) is 41.0. The van der Waals surface area contributed by atoms with Gasteiger partial charge in [0.2, 0.25) is 0 Å². The second-order valence-corrected chi connectivity index (χ2v) is 15.7. The zero-order valence-electron chi connectivity index (χ0n) is 36.4. The largest absolute Gasteiger partial charge is 0.466 e. The summed E-state index contributed by atoms with van der Waals surface area (Å²) in [5, 5.41) is 0. The normalized spacial score (nSPS) is 13.8. The summed E-state index contributed by atoms with van der Waals surface area (Å²) in [6.07, 6.45) is 33.7. The highest BCUT2D eigenvalue weighted by molar-refractivity contribution is 5.69. The van der Waals surface area contributed by atoms with E-state index in [9.17, 15) is 9.59 Å². The lowest BCUT2D eigenvalue weighted by Gasteiger charge is -2.30. The molecule has 53 heavy (non-hydrogen) atoms. The van der Waals surface area contributed by atoms with Gasteiger partial charge in [-0.2, -0.15) is 0 Å². The molecule has 0 radical (unpaired) electrons. The van der Waals surface area contributed by atoms with Crippen LogP contribution in [0.5, 0.6) is 0 Å². The maximum atomic E-state index is 12.4. The first kappa shape index (κ1) is 51.8. The van der Waals surface area contributed by atoms with E-state index in [1.807, 2.05) is 0 Å². The van der Waals surface area contributed by atoms with E-state index in [2.05, 4.69) is 44.4 Å². The molecule has 1 aliphatic heterocycles. The van der Waals surface area contributed by atoms with E-state index in [1.165, 1.54) is 128 Å². The van der Waals surface area contributed by atoms with Crippen molar-refractivity contribution < 1.29 is 23.8 Å². The molecule has 316 valence electrons. The Morgan fingerprint density at radius 2 is 1.02 bits per heavy atom. The second-order valence-electron chi connectivity index (χ2n) is 15.7. The zero-order valence-corrected chi connectivity index (χ0v) is 36.4.